The molecule has 6 rings (SSSR count). The van der Waals surface area contributed by atoms with Crippen LogP contribution in [0.25, 0.3) is 10.9 Å². The summed E-state index contributed by atoms with van der Waals surface area (Å²) >= 11 is 0. The number of carbonyl (C=O) groups excluding carboxylic acids is 6. The van der Waals surface area contributed by atoms with Crippen LogP contribution in [-0.4, -0.2) is 119 Å². The number of pyridine rings is 1. The first-order valence-corrected chi connectivity index (χ1v) is 19.4. The maximum absolute atomic E-state index is 14.0. The smallest absolute Gasteiger partial charge is 0.409 e. The molecule has 2 atom stereocenters. The van der Waals surface area contributed by atoms with Crippen LogP contribution in [0.1, 0.15) is 73.5 Å². The highest BCUT2D eigenvalue weighted by molar-refractivity contribution is 5.99. The molecule has 2 aromatic carbocycles. The number of aromatic nitrogens is 1. The summed E-state index contributed by atoms with van der Waals surface area (Å²) < 4.78 is 16.6. The van der Waals surface area contributed by atoms with Gasteiger partial charge in [-0.15, -0.1) is 0 Å². The summed E-state index contributed by atoms with van der Waals surface area (Å²) in [6.45, 7) is 4.91. The molecule has 0 bridgehead atoms. The van der Waals surface area contributed by atoms with Crippen molar-refractivity contribution in [3.8, 4) is 5.75 Å². The lowest BCUT2D eigenvalue weighted by Gasteiger charge is -2.36. The Morgan fingerprint density at radius 2 is 1.62 bits per heavy atom. The van der Waals surface area contributed by atoms with Crippen molar-refractivity contribution in [2.24, 2.45) is 0 Å². The maximum atomic E-state index is 14.0. The Bertz CT molecular complexity index is 1910. The Morgan fingerprint density at radius 3 is 2.34 bits per heavy atom. The standard InChI is InChI=1S/C41H50N6O9/c1-3-54-41(53)46-21-19-45(20-22-46)40(52)31(16-17-37(49)56-25-28-9-5-4-6-10-28)44-38(50)33-24-35(30-15-14-27(2)23-32(30)43-33)55-26-36(48)47-18-8-13-34(47)39(51)42-29-11-7-12-29/h4-6,9-10,14-15,23-24,29,31,34H,3,7-8,11-13,16-22,25-26H2,1-2H3,(H,42,51)(H,44,50). The van der Waals surface area contributed by atoms with Crippen molar-refractivity contribution in [2.45, 2.75) is 83.5 Å². The molecule has 56 heavy (non-hydrogen) atoms. The molecule has 2 aliphatic heterocycles. The summed E-state index contributed by atoms with van der Waals surface area (Å²) in [4.78, 5) is 88.6. The number of fused-ring (bicyclic) bond motifs is 1. The minimum Gasteiger partial charge on any atom is -0.483 e. The second kappa shape index (κ2) is 18.7. The molecule has 1 saturated carbocycles. The summed E-state index contributed by atoms with van der Waals surface area (Å²) in [6.07, 6.45) is 3.61. The fourth-order valence-corrected chi connectivity index (χ4v) is 7.06. The molecule has 298 valence electrons. The van der Waals surface area contributed by atoms with Crippen LogP contribution < -0.4 is 15.4 Å². The first-order chi connectivity index (χ1) is 27.1. The van der Waals surface area contributed by atoms with Gasteiger partial charge in [-0.05, 0) is 75.6 Å². The van der Waals surface area contributed by atoms with Crippen LogP contribution >= 0.6 is 0 Å². The van der Waals surface area contributed by atoms with E-state index in [0.29, 0.717) is 30.3 Å². The van der Waals surface area contributed by atoms with Gasteiger partial charge in [-0.1, -0.05) is 36.4 Å². The fraction of sp³-hybridized carbons (Fsp3) is 0.488. The third-order valence-corrected chi connectivity index (χ3v) is 10.4. The van der Waals surface area contributed by atoms with Gasteiger partial charge in [0.05, 0.1) is 12.1 Å². The van der Waals surface area contributed by atoms with E-state index in [1.807, 2.05) is 43.3 Å². The molecule has 2 saturated heterocycles. The molecule has 3 heterocycles. The average Bonchev–Trinajstić information content (AvgIpc) is 3.69. The first kappa shape index (κ1) is 39.9. The maximum Gasteiger partial charge on any atom is 0.409 e. The van der Waals surface area contributed by atoms with E-state index in [9.17, 15) is 28.8 Å². The number of rotatable bonds is 14. The molecule has 0 spiro atoms. The number of hydrogen-bond acceptors (Lipinski definition) is 10. The Morgan fingerprint density at radius 1 is 0.875 bits per heavy atom. The van der Waals surface area contributed by atoms with E-state index in [0.717, 1.165) is 30.4 Å². The number of nitrogens with one attached hydrogen (secondary N) is 2. The lowest BCUT2D eigenvalue weighted by atomic mass is 9.93. The topological polar surface area (TPSA) is 177 Å². The quantitative estimate of drug-likeness (QED) is 0.231. The van der Waals surface area contributed by atoms with Crippen molar-refractivity contribution in [1.29, 1.82) is 0 Å². The van der Waals surface area contributed by atoms with Gasteiger partial charge < -0.3 is 39.5 Å². The van der Waals surface area contributed by atoms with Gasteiger partial charge in [-0.2, -0.15) is 0 Å². The van der Waals surface area contributed by atoms with Gasteiger partial charge >= 0.3 is 12.1 Å². The van der Waals surface area contributed by atoms with Crippen LogP contribution in [0.3, 0.4) is 0 Å². The van der Waals surface area contributed by atoms with Gasteiger partial charge in [0.15, 0.2) is 6.61 Å². The number of esters is 1. The highest BCUT2D eigenvalue weighted by Gasteiger charge is 2.36. The van der Waals surface area contributed by atoms with Gasteiger partial charge in [-0.25, -0.2) is 9.78 Å². The SMILES string of the molecule is CCOC(=O)N1CCN(C(=O)C(CCC(=O)OCc2ccccc2)NC(=O)c2cc(OCC(=O)N3CCCC3C(=O)NC3CCC3)c3ccc(C)cc3n2)CC1. The largest absolute Gasteiger partial charge is 0.483 e. The van der Waals surface area contributed by atoms with E-state index in [4.69, 9.17) is 14.2 Å². The predicted molar refractivity (Wildman–Crippen MR) is 204 cm³/mol. The number of nitrogens with zero attached hydrogens (tertiary/aromatic N) is 4. The minimum atomic E-state index is -1.12. The van der Waals surface area contributed by atoms with Crippen LogP contribution in [0.2, 0.25) is 0 Å². The molecule has 3 fully saturated rings. The van der Waals surface area contributed by atoms with Gasteiger partial charge in [0, 0.05) is 56.6 Å². The van der Waals surface area contributed by atoms with Crippen LogP contribution in [-0.2, 0) is 35.3 Å². The molecular formula is C41H50N6O9. The number of aryl methyl sites for hydroxylation is 1. The summed E-state index contributed by atoms with van der Waals surface area (Å²) in [5.74, 6) is -1.87. The molecule has 1 aliphatic carbocycles. The average molecular weight is 771 g/mol. The van der Waals surface area contributed by atoms with Gasteiger partial charge in [-0.3, -0.25) is 24.0 Å². The van der Waals surface area contributed by atoms with Crippen LogP contribution in [0.5, 0.6) is 5.75 Å². The van der Waals surface area contributed by atoms with Crippen LogP contribution in [0.4, 0.5) is 4.79 Å². The summed E-state index contributed by atoms with van der Waals surface area (Å²) in [5.41, 5.74) is 2.09. The molecule has 3 aliphatic rings. The van der Waals surface area contributed by atoms with Crippen molar-refractivity contribution in [2.75, 3.05) is 45.9 Å². The number of ether oxygens (including phenoxy) is 3. The predicted octanol–water partition coefficient (Wildman–Crippen LogP) is 3.50. The van der Waals surface area contributed by atoms with Gasteiger partial charge in [0.1, 0.15) is 30.1 Å². The van der Waals surface area contributed by atoms with Crippen molar-refractivity contribution in [3.63, 3.8) is 0 Å². The number of likely N-dealkylation sites (tertiary alicyclic amines) is 1. The number of piperazine rings is 1. The molecular weight excluding hydrogens is 720 g/mol. The van der Waals surface area contributed by atoms with E-state index in [1.54, 1.807) is 28.9 Å². The molecule has 2 unspecified atom stereocenters. The van der Waals surface area contributed by atoms with Crippen LogP contribution in [0, 0.1) is 6.92 Å². The first-order valence-electron chi connectivity index (χ1n) is 19.4. The van der Waals surface area contributed by atoms with Crippen molar-refractivity contribution < 1.29 is 43.0 Å². The highest BCUT2D eigenvalue weighted by atomic mass is 16.6. The third kappa shape index (κ3) is 10.1. The molecule has 2 N–H and O–H groups in total. The van der Waals surface area contributed by atoms with E-state index in [2.05, 4.69) is 15.6 Å². The third-order valence-electron chi connectivity index (χ3n) is 10.4. The molecule has 5 amide bonds. The van der Waals surface area contributed by atoms with Crippen LogP contribution in [0.15, 0.2) is 54.6 Å². The lowest BCUT2D eigenvalue weighted by molar-refractivity contribution is -0.145. The molecule has 3 aromatic rings. The number of benzene rings is 2. The zero-order chi connectivity index (χ0) is 39.6. The molecule has 0 radical (unpaired) electrons. The van der Waals surface area contributed by atoms with Crippen molar-refractivity contribution in [3.05, 3.63) is 71.4 Å². The van der Waals surface area contributed by atoms with E-state index >= 15 is 0 Å². The zero-order valence-electron chi connectivity index (χ0n) is 32.0. The Hall–Kier alpha value is -5.73. The summed E-state index contributed by atoms with van der Waals surface area (Å²) in [5, 5.41) is 6.42. The second-order valence-corrected chi connectivity index (χ2v) is 14.4. The molecule has 15 nitrogen and oxygen atoms in total. The van der Waals surface area contributed by atoms with Gasteiger partial charge in [0.2, 0.25) is 11.8 Å². The summed E-state index contributed by atoms with van der Waals surface area (Å²) in [6, 6.07) is 14.6. The minimum absolute atomic E-state index is 0.0494. The molecule has 1 aromatic heterocycles. The summed E-state index contributed by atoms with van der Waals surface area (Å²) in [7, 11) is 0. The highest BCUT2D eigenvalue weighted by Crippen LogP contribution is 2.28. The number of hydrogen-bond donors (Lipinski definition) is 2. The van der Waals surface area contributed by atoms with Gasteiger partial charge in [0.25, 0.3) is 11.8 Å². The van der Waals surface area contributed by atoms with E-state index < -0.39 is 36.0 Å². The normalized spacial score (nSPS) is 17.5. The monoisotopic (exact) mass is 770 g/mol. The van der Waals surface area contributed by atoms with Crippen molar-refractivity contribution >= 4 is 46.6 Å². The lowest BCUT2D eigenvalue weighted by Crippen LogP contribution is -2.56. The number of amides is 5. The Balaban J connectivity index is 1.16. The Labute approximate surface area is 326 Å². The van der Waals surface area contributed by atoms with E-state index in [1.165, 1.54) is 11.0 Å². The Kier molecular flexibility index (Phi) is 13.4. The number of carbonyl (C=O) groups is 6. The fourth-order valence-electron chi connectivity index (χ4n) is 7.06. The van der Waals surface area contributed by atoms with E-state index in [-0.39, 0.29) is 88.1 Å². The van der Waals surface area contributed by atoms with Crippen molar-refractivity contribution in [1.82, 2.24) is 30.3 Å². The zero-order valence-corrected chi connectivity index (χ0v) is 32.0. The molecule has 15 heteroatoms. The second-order valence-electron chi connectivity index (χ2n) is 14.4.